The fourth-order valence-corrected chi connectivity index (χ4v) is 2.90. The third kappa shape index (κ3) is 4.27. The maximum absolute atomic E-state index is 12.0. The van der Waals surface area contributed by atoms with Gasteiger partial charge < -0.3 is 0 Å². The first-order valence-corrected chi connectivity index (χ1v) is 8.86. The van der Waals surface area contributed by atoms with E-state index < -0.39 is 0 Å². The molecule has 0 saturated carbocycles. The van der Waals surface area contributed by atoms with Crippen LogP contribution in [-0.4, -0.2) is 31.0 Å². The first-order valence-electron chi connectivity index (χ1n) is 7.67. The molecule has 0 bridgehead atoms. The second-order valence-corrected chi connectivity index (χ2v) is 6.74. The molecular formula is C17H15ClN6OS. The molecule has 0 fully saturated rings. The zero-order valence-corrected chi connectivity index (χ0v) is 15.6. The maximum atomic E-state index is 12.0. The fourth-order valence-electron chi connectivity index (χ4n) is 2.01. The van der Waals surface area contributed by atoms with Crippen molar-refractivity contribution in [1.82, 2.24) is 20.2 Å². The Balaban J connectivity index is 1.84. The van der Waals surface area contributed by atoms with Gasteiger partial charge in [0.1, 0.15) is 0 Å². The van der Waals surface area contributed by atoms with E-state index in [9.17, 15) is 4.79 Å². The Kier molecular flexibility index (Phi) is 5.65. The number of thioether (sulfide) groups is 1. The highest BCUT2D eigenvalue weighted by atomic mass is 35.5. The van der Waals surface area contributed by atoms with Crippen molar-refractivity contribution < 1.29 is 4.79 Å². The Morgan fingerprint density at radius 2 is 1.92 bits per heavy atom. The number of ketones is 1. The molecule has 3 aromatic rings. The predicted octanol–water partition coefficient (Wildman–Crippen LogP) is 3.73. The number of tetrazole rings is 1. The second-order valence-electron chi connectivity index (χ2n) is 5.38. The van der Waals surface area contributed by atoms with E-state index in [1.54, 1.807) is 16.8 Å². The van der Waals surface area contributed by atoms with E-state index in [1.807, 2.05) is 43.3 Å². The lowest BCUT2D eigenvalue weighted by Gasteiger charge is -2.07. The molecule has 0 spiro atoms. The van der Waals surface area contributed by atoms with E-state index in [-0.39, 0.29) is 10.8 Å². The Bertz CT molecular complexity index is 954. The van der Waals surface area contributed by atoms with Crippen LogP contribution in [0.1, 0.15) is 12.5 Å². The number of Topliss-reactive ketones (excluding diaryl/α,β-unsaturated/α-hetero) is 1. The molecule has 0 radical (unpaired) electrons. The van der Waals surface area contributed by atoms with Gasteiger partial charge in [0.25, 0.3) is 0 Å². The van der Waals surface area contributed by atoms with E-state index in [1.165, 1.54) is 6.92 Å². The summed E-state index contributed by atoms with van der Waals surface area (Å²) in [7, 11) is 0. The number of para-hydroxylation sites is 1. The molecule has 0 aliphatic carbocycles. The van der Waals surface area contributed by atoms with Crippen LogP contribution < -0.4 is 5.43 Å². The summed E-state index contributed by atoms with van der Waals surface area (Å²) in [6, 6.07) is 14.9. The summed E-state index contributed by atoms with van der Waals surface area (Å²) in [6.45, 7) is 3.43. The Morgan fingerprint density at radius 1 is 1.19 bits per heavy atom. The number of carbonyl (C=O) groups excluding carboxylic acids is 1. The average Bonchev–Trinajstić information content (AvgIpc) is 3.08. The molecule has 0 aliphatic rings. The quantitative estimate of drug-likeness (QED) is 0.311. The first-order chi connectivity index (χ1) is 12.5. The van der Waals surface area contributed by atoms with E-state index >= 15 is 0 Å². The largest absolute Gasteiger partial charge is 0.292 e. The van der Waals surface area contributed by atoms with Crippen LogP contribution in [-0.2, 0) is 4.79 Å². The van der Waals surface area contributed by atoms with Crippen molar-refractivity contribution in [3.05, 3.63) is 59.1 Å². The number of halogens is 1. The summed E-state index contributed by atoms with van der Waals surface area (Å²) >= 11 is 7.16. The van der Waals surface area contributed by atoms with Gasteiger partial charge in [0.2, 0.25) is 5.16 Å². The van der Waals surface area contributed by atoms with Crippen LogP contribution in [0.3, 0.4) is 0 Å². The minimum absolute atomic E-state index is 0.215. The molecule has 0 aliphatic heterocycles. The SMILES string of the molecule is CC(=O)/C(=N\Nc1ccccc1Cl)Sc1nnnn1-c1ccc(C)cc1. The van der Waals surface area contributed by atoms with Crippen LogP contribution in [0.25, 0.3) is 5.69 Å². The summed E-state index contributed by atoms with van der Waals surface area (Å²) in [5.74, 6) is -0.215. The summed E-state index contributed by atoms with van der Waals surface area (Å²) in [5, 5.41) is 17.0. The van der Waals surface area contributed by atoms with E-state index in [4.69, 9.17) is 11.6 Å². The molecule has 26 heavy (non-hydrogen) atoms. The third-order valence-corrected chi connectivity index (χ3v) is 4.70. The van der Waals surface area contributed by atoms with E-state index in [0.717, 1.165) is 23.0 Å². The van der Waals surface area contributed by atoms with Gasteiger partial charge in [-0.2, -0.15) is 9.78 Å². The number of aromatic nitrogens is 4. The van der Waals surface area contributed by atoms with Crippen LogP contribution in [0.4, 0.5) is 5.69 Å². The number of hydrogen-bond donors (Lipinski definition) is 1. The average molecular weight is 387 g/mol. The summed E-state index contributed by atoms with van der Waals surface area (Å²) in [5.41, 5.74) is 5.34. The van der Waals surface area contributed by atoms with Crippen LogP contribution in [0.15, 0.2) is 58.8 Å². The standard InChI is InChI=1S/C17H15ClN6OS/c1-11-7-9-13(10-8-11)24-17(21-22-23-24)26-16(12(2)25)20-19-15-6-4-3-5-14(15)18/h3-10,19H,1-2H3/b20-16+. The monoisotopic (exact) mass is 386 g/mol. The second kappa shape index (κ2) is 8.11. The minimum Gasteiger partial charge on any atom is -0.292 e. The number of aryl methyl sites for hydroxylation is 1. The molecule has 0 saturated heterocycles. The van der Waals surface area contributed by atoms with E-state index in [2.05, 4.69) is 26.1 Å². The van der Waals surface area contributed by atoms with Gasteiger partial charge in [-0.3, -0.25) is 10.2 Å². The Hall–Kier alpha value is -2.71. The van der Waals surface area contributed by atoms with Crippen molar-refractivity contribution in [3.63, 3.8) is 0 Å². The number of anilines is 1. The molecule has 0 atom stereocenters. The van der Waals surface area contributed by atoms with Crippen LogP contribution >= 0.6 is 23.4 Å². The van der Waals surface area contributed by atoms with Crippen molar-refractivity contribution in [3.8, 4) is 5.69 Å². The lowest BCUT2D eigenvalue weighted by atomic mass is 10.2. The van der Waals surface area contributed by atoms with Gasteiger partial charge in [-0.15, -0.1) is 5.10 Å². The minimum atomic E-state index is -0.215. The normalized spacial score (nSPS) is 11.4. The number of carbonyl (C=O) groups is 1. The Morgan fingerprint density at radius 3 is 2.62 bits per heavy atom. The van der Waals surface area contributed by atoms with Crippen LogP contribution in [0.5, 0.6) is 0 Å². The van der Waals surface area contributed by atoms with E-state index in [0.29, 0.717) is 15.9 Å². The zero-order chi connectivity index (χ0) is 18.5. The number of benzene rings is 2. The number of nitrogens with zero attached hydrogens (tertiary/aromatic N) is 5. The first kappa shape index (κ1) is 18.1. The van der Waals surface area contributed by atoms with Crippen molar-refractivity contribution in [1.29, 1.82) is 0 Å². The number of hydrogen-bond acceptors (Lipinski definition) is 7. The fraction of sp³-hybridized carbons (Fsp3) is 0.118. The van der Waals surface area contributed by atoms with Gasteiger partial charge in [0, 0.05) is 6.92 Å². The van der Waals surface area contributed by atoms with Crippen molar-refractivity contribution in [2.45, 2.75) is 19.0 Å². The smallest absolute Gasteiger partial charge is 0.220 e. The molecule has 7 nitrogen and oxygen atoms in total. The molecule has 3 rings (SSSR count). The summed E-state index contributed by atoms with van der Waals surface area (Å²) < 4.78 is 1.55. The summed E-state index contributed by atoms with van der Waals surface area (Å²) in [4.78, 5) is 12.0. The van der Waals surface area contributed by atoms with Gasteiger partial charge in [-0.05, 0) is 53.4 Å². The van der Waals surface area contributed by atoms with Crippen LogP contribution in [0.2, 0.25) is 5.02 Å². The van der Waals surface area contributed by atoms with Crippen LogP contribution in [0, 0.1) is 6.92 Å². The van der Waals surface area contributed by atoms with Gasteiger partial charge in [-0.25, -0.2) is 0 Å². The highest BCUT2D eigenvalue weighted by molar-refractivity contribution is 8.15. The summed E-state index contributed by atoms with van der Waals surface area (Å²) in [6.07, 6.45) is 0. The Labute approximate surface area is 159 Å². The number of hydrazone groups is 1. The van der Waals surface area contributed by atoms with Gasteiger partial charge in [-0.1, -0.05) is 41.4 Å². The van der Waals surface area contributed by atoms with Gasteiger partial charge >= 0.3 is 0 Å². The lowest BCUT2D eigenvalue weighted by Crippen LogP contribution is -2.10. The number of rotatable bonds is 5. The molecule has 0 amide bonds. The lowest BCUT2D eigenvalue weighted by molar-refractivity contribution is -0.110. The molecular weight excluding hydrogens is 372 g/mol. The molecule has 1 N–H and O–H groups in total. The van der Waals surface area contributed by atoms with Crippen molar-refractivity contribution in [2.24, 2.45) is 5.10 Å². The highest BCUT2D eigenvalue weighted by Crippen LogP contribution is 2.23. The molecule has 132 valence electrons. The zero-order valence-electron chi connectivity index (χ0n) is 14.0. The topological polar surface area (TPSA) is 85.1 Å². The third-order valence-electron chi connectivity index (χ3n) is 3.36. The molecule has 1 aromatic heterocycles. The molecule has 0 unspecified atom stereocenters. The molecule has 9 heteroatoms. The predicted molar refractivity (Wildman–Crippen MR) is 103 cm³/mol. The molecule has 1 heterocycles. The maximum Gasteiger partial charge on any atom is 0.220 e. The van der Waals surface area contributed by atoms with Gasteiger partial charge in [0.15, 0.2) is 10.8 Å². The number of nitrogens with one attached hydrogen (secondary N) is 1. The highest BCUT2D eigenvalue weighted by Gasteiger charge is 2.16. The van der Waals surface area contributed by atoms with Crippen molar-refractivity contribution >= 4 is 39.9 Å². The van der Waals surface area contributed by atoms with Gasteiger partial charge in [0.05, 0.1) is 16.4 Å². The molecule has 2 aromatic carbocycles. The van der Waals surface area contributed by atoms with Crippen molar-refractivity contribution in [2.75, 3.05) is 5.43 Å².